The van der Waals surface area contributed by atoms with Crippen molar-refractivity contribution in [1.82, 2.24) is 0 Å². The average Bonchev–Trinajstić information content (AvgIpc) is 2.68. The molecule has 0 bridgehead atoms. The monoisotopic (exact) mass is 450 g/mol. The molecule has 32 heavy (non-hydrogen) atoms. The first kappa shape index (κ1) is 25.4. The third kappa shape index (κ3) is 5.14. The van der Waals surface area contributed by atoms with E-state index in [9.17, 15) is 15.0 Å². The fourth-order valence-corrected chi connectivity index (χ4v) is 6.16. The van der Waals surface area contributed by atoms with Gasteiger partial charge in [0.2, 0.25) is 0 Å². The normalized spacial score (nSPS) is 44.3. The van der Waals surface area contributed by atoms with Gasteiger partial charge in [-0.15, -0.1) is 0 Å². The molecular formula is C26H42O6. The first-order chi connectivity index (χ1) is 14.9. The zero-order valence-electron chi connectivity index (χ0n) is 20.6. The van der Waals surface area contributed by atoms with E-state index in [0.717, 1.165) is 37.7 Å². The van der Waals surface area contributed by atoms with Gasteiger partial charge in [0.25, 0.3) is 0 Å². The fraction of sp³-hybridized carbons (Fsp3) is 0.808. The molecule has 182 valence electrons. The van der Waals surface area contributed by atoms with E-state index in [0.29, 0.717) is 11.8 Å². The molecule has 0 aromatic heterocycles. The summed E-state index contributed by atoms with van der Waals surface area (Å²) in [5.41, 5.74) is 1.70. The van der Waals surface area contributed by atoms with Gasteiger partial charge in [-0.1, -0.05) is 31.1 Å². The standard InChI is InChI=1S/C26H42O6/c1-15(2)13-20(27)31-23-21(28)17(5)30-24(22(23)29)32-26(7)11-8-10-25(6)12-9-18(16(3)4)14-19(25)26/h13,17-19,21-24,28-29H,3,8-12,14H2,1-2,4-7H3/t17-,18-,19?,21-,22-,23+,24+,25-,26-/m1/s1. The highest BCUT2D eigenvalue weighted by Gasteiger charge is 2.55. The second-order valence-electron chi connectivity index (χ2n) is 11.1. The number of aliphatic hydroxyl groups is 2. The van der Waals surface area contributed by atoms with Crippen LogP contribution in [0.1, 0.15) is 80.1 Å². The predicted molar refractivity (Wildman–Crippen MR) is 123 cm³/mol. The average molecular weight is 451 g/mol. The molecule has 6 heteroatoms. The zero-order chi connectivity index (χ0) is 23.8. The lowest BCUT2D eigenvalue weighted by atomic mass is 9.53. The van der Waals surface area contributed by atoms with E-state index < -0.39 is 42.3 Å². The Balaban J connectivity index is 1.81. The third-order valence-corrected chi connectivity index (χ3v) is 8.11. The summed E-state index contributed by atoms with van der Waals surface area (Å²) in [5.74, 6) is 0.197. The lowest BCUT2D eigenvalue weighted by Crippen LogP contribution is -2.62. The Kier molecular flexibility index (Phi) is 7.60. The summed E-state index contributed by atoms with van der Waals surface area (Å²) < 4.78 is 17.9. The maximum atomic E-state index is 12.2. The molecule has 2 aliphatic carbocycles. The van der Waals surface area contributed by atoms with Crippen molar-refractivity contribution < 1.29 is 29.2 Å². The van der Waals surface area contributed by atoms with Gasteiger partial charge in [0, 0.05) is 6.08 Å². The number of carbonyl (C=O) groups is 1. The van der Waals surface area contributed by atoms with Crippen molar-refractivity contribution in [3.8, 4) is 0 Å². The lowest BCUT2D eigenvalue weighted by molar-refractivity contribution is -0.335. The van der Waals surface area contributed by atoms with Crippen molar-refractivity contribution in [2.75, 3.05) is 0 Å². The maximum absolute atomic E-state index is 12.2. The van der Waals surface area contributed by atoms with E-state index in [1.54, 1.807) is 20.8 Å². The minimum atomic E-state index is -1.28. The summed E-state index contributed by atoms with van der Waals surface area (Å²) in [6.07, 6.45) is 2.64. The summed E-state index contributed by atoms with van der Waals surface area (Å²) in [6.45, 7) is 16.1. The molecule has 0 spiro atoms. The van der Waals surface area contributed by atoms with Gasteiger partial charge in [-0.2, -0.15) is 0 Å². The summed E-state index contributed by atoms with van der Waals surface area (Å²) in [7, 11) is 0. The molecular weight excluding hydrogens is 408 g/mol. The number of fused-ring (bicyclic) bond motifs is 1. The number of aliphatic hydroxyl groups excluding tert-OH is 2. The highest BCUT2D eigenvalue weighted by molar-refractivity contribution is 5.82. The van der Waals surface area contributed by atoms with Crippen LogP contribution < -0.4 is 0 Å². The van der Waals surface area contributed by atoms with Gasteiger partial charge in [-0.25, -0.2) is 4.79 Å². The second-order valence-corrected chi connectivity index (χ2v) is 11.1. The third-order valence-electron chi connectivity index (χ3n) is 8.11. The van der Waals surface area contributed by atoms with Crippen LogP contribution in [-0.4, -0.2) is 52.5 Å². The van der Waals surface area contributed by atoms with E-state index in [2.05, 4.69) is 27.4 Å². The largest absolute Gasteiger partial charge is 0.453 e. The van der Waals surface area contributed by atoms with Crippen LogP contribution in [0.5, 0.6) is 0 Å². The highest BCUT2D eigenvalue weighted by Crippen LogP contribution is 2.57. The van der Waals surface area contributed by atoms with Gasteiger partial charge < -0.3 is 24.4 Å². The molecule has 1 aliphatic heterocycles. The van der Waals surface area contributed by atoms with Gasteiger partial charge in [0.15, 0.2) is 12.4 Å². The van der Waals surface area contributed by atoms with Crippen molar-refractivity contribution in [1.29, 1.82) is 0 Å². The molecule has 3 rings (SSSR count). The Bertz CT molecular complexity index is 743. The van der Waals surface area contributed by atoms with Crippen LogP contribution >= 0.6 is 0 Å². The van der Waals surface area contributed by atoms with Crippen molar-refractivity contribution >= 4 is 5.97 Å². The van der Waals surface area contributed by atoms with Crippen LogP contribution in [0.2, 0.25) is 0 Å². The first-order valence-electron chi connectivity index (χ1n) is 12.1. The van der Waals surface area contributed by atoms with Crippen LogP contribution in [0.3, 0.4) is 0 Å². The summed E-state index contributed by atoms with van der Waals surface area (Å²) in [5, 5.41) is 21.6. The van der Waals surface area contributed by atoms with E-state index in [1.807, 2.05) is 0 Å². The van der Waals surface area contributed by atoms with Crippen molar-refractivity contribution in [2.45, 2.75) is 116 Å². The molecule has 3 aliphatic rings. The molecule has 0 amide bonds. The molecule has 0 radical (unpaired) electrons. The molecule has 1 unspecified atom stereocenters. The van der Waals surface area contributed by atoms with E-state index in [4.69, 9.17) is 14.2 Å². The molecule has 0 aromatic rings. The van der Waals surface area contributed by atoms with E-state index in [-0.39, 0.29) is 5.41 Å². The minimum absolute atomic E-state index is 0.180. The van der Waals surface area contributed by atoms with Gasteiger partial charge in [-0.05, 0) is 84.0 Å². The van der Waals surface area contributed by atoms with Crippen LogP contribution in [0.25, 0.3) is 0 Å². The topological polar surface area (TPSA) is 85.2 Å². The smallest absolute Gasteiger partial charge is 0.331 e. The molecule has 2 N–H and O–H groups in total. The molecule has 0 aromatic carbocycles. The number of hydrogen-bond donors (Lipinski definition) is 2. The van der Waals surface area contributed by atoms with Gasteiger partial charge in [0.05, 0.1) is 11.7 Å². The summed E-state index contributed by atoms with van der Waals surface area (Å²) in [4.78, 5) is 12.2. The molecule has 6 nitrogen and oxygen atoms in total. The molecule has 2 saturated carbocycles. The Morgan fingerprint density at radius 3 is 2.44 bits per heavy atom. The first-order valence-corrected chi connectivity index (χ1v) is 12.1. The molecule has 1 saturated heterocycles. The number of carbonyl (C=O) groups excluding carboxylic acids is 1. The van der Waals surface area contributed by atoms with Gasteiger partial charge in [0.1, 0.15) is 12.2 Å². The number of ether oxygens (including phenoxy) is 3. The van der Waals surface area contributed by atoms with Crippen LogP contribution in [0, 0.1) is 17.3 Å². The number of allylic oxidation sites excluding steroid dienone is 2. The molecule has 1 heterocycles. The zero-order valence-corrected chi connectivity index (χ0v) is 20.6. The summed E-state index contributed by atoms with van der Waals surface area (Å²) in [6, 6.07) is 0. The second kappa shape index (κ2) is 9.57. The number of esters is 1. The Labute approximate surface area is 193 Å². The minimum Gasteiger partial charge on any atom is -0.453 e. The highest BCUT2D eigenvalue weighted by atomic mass is 16.7. The quantitative estimate of drug-likeness (QED) is 0.369. The van der Waals surface area contributed by atoms with Crippen LogP contribution in [-0.2, 0) is 19.0 Å². The van der Waals surface area contributed by atoms with Crippen molar-refractivity contribution in [2.24, 2.45) is 17.3 Å². The van der Waals surface area contributed by atoms with Crippen LogP contribution in [0.15, 0.2) is 23.8 Å². The van der Waals surface area contributed by atoms with Crippen molar-refractivity contribution in [3.63, 3.8) is 0 Å². The van der Waals surface area contributed by atoms with Crippen LogP contribution in [0.4, 0.5) is 0 Å². The van der Waals surface area contributed by atoms with E-state index >= 15 is 0 Å². The van der Waals surface area contributed by atoms with Gasteiger partial charge in [-0.3, -0.25) is 0 Å². The predicted octanol–water partition coefficient (Wildman–Crippen LogP) is 4.29. The number of hydrogen-bond acceptors (Lipinski definition) is 6. The Morgan fingerprint density at radius 1 is 1.12 bits per heavy atom. The van der Waals surface area contributed by atoms with Gasteiger partial charge >= 0.3 is 5.97 Å². The summed E-state index contributed by atoms with van der Waals surface area (Å²) >= 11 is 0. The SMILES string of the molecule is C=C(C)[C@@H]1CC[C@@]2(C)CCC[C@@](C)(O[C@@H]3O[C@H](C)[C@@H](O)[C@H](OC(=O)C=C(C)C)[C@H]3O)C2C1. The van der Waals surface area contributed by atoms with E-state index in [1.165, 1.54) is 18.1 Å². The number of rotatable bonds is 5. The maximum Gasteiger partial charge on any atom is 0.331 e. The Morgan fingerprint density at radius 2 is 1.81 bits per heavy atom. The Hall–Kier alpha value is -1.21. The van der Waals surface area contributed by atoms with Crippen molar-refractivity contribution in [3.05, 3.63) is 23.8 Å². The fourth-order valence-electron chi connectivity index (χ4n) is 6.16. The lowest BCUT2D eigenvalue weighted by Gasteiger charge is -2.57. The molecule has 3 fully saturated rings. The molecule has 9 atom stereocenters.